The van der Waals surface area contributed by atoms with E-state index in [1.165, 1.54) is 6.07 Å². The molecule has 2 aromatic heterocycles. The first-order valence-corrected chi connectivity index (χ1v) is 15.3. The molecule has 0 aliphatic carbocycles. The zero-order chi connectivity index (χ0) is 32.6. The van der Waals surface area contributed by atoms with Crippen LogP contribution in [0.2, 0.25) is 0 Å². The lowest BCUT2D eigenvalue weighted by molar-refractivity contribution is 0.631. The van der Waals surface area contributed by atoms with Gasteiger partial charge in [-0.3, -0.25) is 0 Å². The van der Waals surface area contributed by atoms with Gasteiger partial charge in [-0.1, -0.05) is 78.9 Å². The van der Waals surface area contributed by atoms with Crippen LogP contribution >= 0.6 is 0 Å². The van der Waals surface area contributed by atoms with Crippen LogP contribution in [0.4, 0.5) is 4.39 Å². The summed E-state index contributed by atoms with van der Waals surface area (Å²) in [5, 5.41) is 21.0. The maximum atomic E-state index is 15.7. The van der Waals surface area contributed by atoms with E-state index in [1.807, 2.05) is 103 Å². The molecular weight excluding hydrogens is 595 g/mol. The summed E-state index contributed by atoms with van der Waals surface area (Å²) >= 11 is 0. The third-order valence-corrected chi connectivity index (χ3v) is 8.39. The van der Waals surface area contributed by atoms with E-state index in [0.717, 1.165) is 38.6 Å². The molecule has 0 saturated heterocycles. The van der Waals surface area contributed by atoms with E-state index in [4.69, 9.17) is 15.0 Å². The van der Waals surface area contributed by atoms with Crippen molar-refractivity contribution >= 4 is 21.8 Å². The minimum absolute atomic E-state index is 0.379. The standard InChI is InChI=1S/C41H23FN6/c42-36-14-8-7-13-31(36)33-23-30(48-37-19-15-26(24-43)21-34(37)35-22-27(25-44)16-20-38(35)48)17-18-32(33)41-46-39(28-9-3-1-4-10-28)45-40(47-41)29-11-5-2-6-12-29/h1-23H. The molecule has 0 fully saturated rings. The van der Waals surface area contributed by atoms with Gasteiger partial charge in [-0.2, -0.15) is 10.5 Å². The minimum atomic E-state index is -0.379. The lowest BCUT2D eigenvalue weighted by Crippen LogP contribution is -2.02. The van der Waals surface area contributed by atoms with E-state index in [9.17, 15) is 10.5 Å². The minimum Gasteiger partial charge on any atom is -0.309 e. The highest BCUT2D eigenvalue weighted by Gasteiger charge is 2.20. The fourth-order valence-electron chi connectivity index (χ4n) is 6.14. The molecule has 0 radical (unpaired) electrons. The predicted molar refractivity (Wildman–Crippen MR) is 185 cm³/mol. The van der Waals surface area contributed by atoms with Gasteiger partial charge in [-0.05, 0) is 66.2 Å². The largest absolute Gasteiger partial charge is 0.309 e. The summed E-state index contributed by atoms with van der Waals surface area (Å²) in [7, 11) is 0. The van der Waals surface area contributed by atoms with Crippen LogP contribution in [0.3, 0.4) is 0 Å². The van der Waals surface area contributed by atoms with Crippen LogP contribution in [-0.2, 0) is 0 Å². The number of hydrogen-bond donors (Lipinski definition) is 0. The fraction of sp³-hybridized carbons (Fsp3) is 0. The Hall–Kier alpha value is -6.96. The molecule has 48 heavy (non-hydrogen) atoms. The molecule has 0 saturated carbocycles. The highest BCUT2D eigenvalue weighted by Crippen LogP contribution is 2.39. The molecule has 0 amide bonds. The monoisotopic (exact) mass is 618 g/mol. The summed E-state index contributed by atoms with van der Waals surface area (Å²) < 4.78 is 17.8. The smallest absolute Gasteiger partial charge is 0.164 e. The van der Waals surface area contributed by atoms with E-state index in [1.54, 1.807) is 30.3 Å². The summed E-state index contributed by atoms with van der Waals surface area (Å²) in [6.45, 7) is 0. The van der Waals surface area contributed by atoms with Crippen molar-refractivity contribution in [2.45, 2.75) is 0 Å². The Morgan fingerprint density at radius 3 is 1.54 bits per heavy atom. The molecule has 8 rings (SSSR count). The van der Waals surface area contributed by atoms with Crippen LogP contribution in [0.25, 0.3) is 72.8 Å². The lowest BCUT2D eigenvalue weighted by atomic mass is 9.97. The first-order chi connectivity index (χ1) is 23.6. The van der Waals surface area contributed by atoms with Gasteiger partial charge in [-0.25, -0.2) is 19.3 Å². The van der Waals surface area contributed by atoms with Crippen molar-refractivity contribution in [3.63, 3.8) is 0 Å². The van der Waals surface area contributed by atoms with Crippen LogP contribution in [0, 0.1) is 28.5 Å². The number of aromatic nitrogens is 4. The van der Waals surface area contributed by atoms with Gasteiger partial charge in [0.2, 0.25) is 0 Å². The normalized spacial score (nSPS) is 11.0. The molecule has 0 aliphatic rings. The van der Waals surface area contributed by atoms with Gasteiger partial charge >= 0.3 is 0 Å². The molecule has 6 nitrogen and oxygen atoms in total. The van der Waals surface area contributed by atoms with Gasteiger partial charge in [0.15, 0.2) is 17.5 Å². The van der Waals surface area contributed by atoms with E-state index < -0.39 is 0 Å². The zero-order valence-corrected chi connectivity index (χ0v) is 25.3. The molecule has 0 atom stereocenters. The van der Waals surface area contributed by atoms with Gasteiger partial charge in [0.1, 0.15) is 5.82 Å². The molecular formula is C41H23FN6. The Kier molecular flexibility index (Phi) is 6.98. The third kappa shape index (κ3) is 4.93. The number of benzene rings is 6. The molecule has 224 valence electrons. The average molecular weight is 619 g/mol. The second-order valence-corrected chi connectivity index (χ2v) is 11.3. The maximum Gasteiger partial charge on any atom is 0.164 e. The highest BCUT2D eigenvalue weighted by molar-refractivity contribution is 6.10. The van der Waals surface area contributed by atoms with Crippen LogP contribution < -0.4 is 0 Å². The molecule has 0 N–H and O–H groups in total. The van der Waals surface area contributed by atoms with Gasteiger partial charge < -0.3 is 4.57 Å². The van der Waals surface area contributed by atoms with E-state index in [2.05, 4.69) is 16.7 Å². The zero-order valence-electron chi connectivity index (χ0n) is 25.3. The first kappa shape index (κ1) is 28.5. The van der Waals surface area contributed by atoms with E-state index in [-0.39, 0.29) is 5.82 Å². The van der Waals surface area contributed by atoms with Crippen LogP contribution in [0.1, 0.15) is 11.1 Å². The number of halogens is 1. The van der Waals surface area contributed by atoms with Gasteiger partial charge in [0.05, 0.1) is 34.3 Å². The van der Waals surface area contributed by atoms with Crippen molar-refractivity contribution in [1.82, 2.24) is 19.5 Å². The summed E-state index contributed by atoms with van der Waals surface area (Å²) in [5.74, 6) is 1.04. The molecule has 2 heterocycles. The molecule has 0 bridgehead atoms. The van der Waals surface area contributed by atoms with Crippen LogP contribution in [-0.4, -0.2) is 19.5 Å². The maximum absolute atomic E-state index is 15.7. The Morgan fingerprint density at radius 1 is 0.479 bits per heavy atom. The Labute approximate surface area is 275 Å². The van der Waals surface area contributed by atoms with Crippen molar-refractivity contribution < 1.29 is 4.39 Å². The molecule has 8 aromatic rings. The second kappa shape index (κ2) is 11.8. The van der Waals surface area contributed by atoms with Crippen molar-refractivity contribution in [1.29, 1.82) is 10.5 Å². The first-order valence-electron chi connectivity index (χ1n) is 15.3. The molecule has 7 heteroatoms. The number of nitrogens with zero attached hydrogens (tertiary/aromatic N) is 6. The second-order valence-electron chi connectivity index (χ2n) is 11.3. The third-order valence-electron chi connectivity index (χ3n) is 8.39. The van der Waals surface area contributed by atoms with E-state index >= 15 is 4.39 Å². The topological polar surface area (TPSA) is 91.2 Å². The number of rotatable bonds is 5. The Balaban J connectivity index is 1.41. The van der Waals surface area contributed by atoms with Gasteiger partial charge in [-0.15, -0.1) is 0 Å². The van der Waals surface area contributed by atoms with Crippen molar-refractivity contribution in [2.75, 3.05) is 0 Å². The number of hydrogen-bond acceptors (Lipinski definition) is 5. The van der Waals surface area contributed by atoms with Crippen molar-refractivity contribution in [2.24, 2.45) is 0 Å². The summed E-state index contributed by atoms with van der Waals surface area (Å²) in [6.07, 6.45) is 0. The Bertz CT molecular complexity index is 2470. The molecule has 0 unspecified atom stereocenters. The average Bonchev–Trinajstić information content (AvgIpc) is 3.48. The van der Waals surface area contributed by atoms with Crippen molar-refractivity contribution in [3.05, 3.63) is 156 Å². The fourth-order valence-corrected chi connectivity index (χ4v) is 6.14. The van der Waals surface area contributed by atoms with Crippen molar-refractivity contribution in [3.8, 4) is 63.1 Å². The number of fused-ring (bicyclic) bond motifs is 3. The van der Waals surface area contributed by atoms with Gasteiger partial charge in [0, 0.05) is 38.7 Å². The van der Waals surface area contributed by atoms with Crippen LogP contribution in [0.15, 0.2) is 140 Å². The summed E-state index contributed by atoms with van der Waals surface area (Å²) in [4.78, 5) is 14.7. The summed E-state index contributed by atoms with van der Waals surface area (Å²) in [5.41, 5.74) is 6.82. The van der Waals surface area contributed by atoms with E-state index in [0.29, 0.717) is 45.3 Å². The number of nitriles is 2. The Morgan fingerprint density at radius 2 is 1.00 bits per heavy atom. The predicted octanol–water partition coefficient (Wildman–Crippen LogP) is 9.52. The lowest BCUT2D eigenvalue weighted by Gasteiger charge is -2.16. The van der Waals surface area contributed by atoms with Gasteiger partial charge in [0.25, 0.3) is 0 Å². The molecule has 0 aliphatic heterocycles. The quantitative estimate of drug-likeness (QED) is 0.192. The van der Waals surface area contributed by atoms with Crippen LogP contribution in [0.5, 0.6) is 0 Å². The SMILES string of the molecule is N#Cc1ccc2c(c1)c1cc(C#N)ccc1n2-c1ccc(-c2nc(-c3ccccc3)nc(-c3ccccc3)n2)c(-c2ccccc2F)c1. The summed E-state index contributed by atoms with van der Waals surface area (Å²) in [6, 6.07) is 47.4. The highest BCUT2D eigenvalue weighted by atomic mass is 19.1. The molecule has 0 spiro atoms. The molecule has 6 aromatic carbocycles.